The van der Waals surface area contributed by atoms with Gasteiger partial charge in [0, 0.05) is 24.8 Å². The maximum atomic E-state index is 4.49. The Morgan fingerprint density at radius 2 is 2.07 bits per heavy atom. The molecule has 0 saturated heterocycles. The predicted molar refractivity (Wildman–Crippen MR) is 59.5 cm³/mol. The van der Waals surface area contributed by atoms with Gasteiger partial charge in [-0.2, -0.15) is 0 Å². The quantitative estimate of drug-likeness (QED) is 0.672. The summed E-state index contributed by atoms with van der Waals surface area (Å²) >= 11 is 0. The van der Waals surface area contributed by atoms with Crippen molar-refractivity contribution < 1.29 is 0 Å². The Labute approximate surface area is 84.6 Å². The maximum Gasteiger partial charge on any atom is 0.139 e. The Bertz CT molecular complexity index is 466. The monoisotopic (exact) mass is 188 g/mol. The predicted octanol–water partition coefficient (Wildman–Crippen LogP) is 3.01. The zero-order valence-corrected chi connectivity index (χ0v) is 9.20. The van der Waals surface area contributed by atoms with Crippen molar-refractivity contribution in [3.05, 3.63) is 29.6 Å². The Balaban J connectivity index is 2.71. The van der Waals surface area contributed by atoms with Gasteiger partial charge in [-0.05, 0) is 30.0 Å². The number of fused-ring (bicyclic) bond motifs is 1. The lowest BCUT2D eigenvalue weighted by Crippen LogP contribution is -1.91. The van der Waals surface area contributed by atoms with Gasteiger partial charge in [-0.1, -0.05) is 13.8 Å². The largest absolute Gasteiger partial charge is 0.335 e. The molecule has 74 valence electrons. The molecule has 0 aromatic carbocycles. The first-order chi connectivity index (χ1) is 6.59. The summed E-state index contributed by atoms with van der Waals surface area (Å²) < 4.78 is 2.08. The number of aromatic nitrogens is 2. The molecule has 0 aliphatic heterocycles. The van der Waals surface area contributed by atoms with Gasteiger partial charge in [-0.3, -0.25) is 0 Å². The van der Waals surface area contributed by atoms with Crippen LogP contribution in [0.2, 0.25) is 0 Å². The minimum absolute atomic E-state index is 0.548. The van der Waals surface area contributed by atoms with E-state index in [0.717, 1.165) is 5.65 Å². The molecule has 0 radical (unpaired) electrons. The summed E-state index contributed by atoms with van der Waals surface area (Å²) in [6.07, 6.45) is 4.11. The molecule has 2 heterocycles. The molecule has 14 heavy (non-hydrogen) atoms. The lowest BCUT2D eigenvalue weighted by atomic mass is 10.0. The van der Waals surface area contributed by atoms with E-state index in [2.05, 4.69) is 42.6 Å². The van der Waals surface area contributed by atoms with Crippen molar-refractivity contribution in [1.82, 2.24) is 9.55 Å². The van der Waals surface area contributed by atoms with Crippen LogP contribution in [0.4, 0.5) is 0 Å². The number of aryl methyl sites for hydroxylation is 2. The topological polar surface area (TPSA) is 17.8 Å². The molecular weight excluding hydrogens is 172 g/mol. The van der Waals surface area contributed by atoms with Gasteiger partial charge in [0.15, 0.2) is 0 Å². The van der Waals surface area contributed by atoms with Crippen LogP contribution in [0.3, 0.4) is 0 Å². The van der Waals surface area contributed by atoms with Gasteiger partial charge in [0.1, 0.15) is 5.65 Å². The van der Waals surface area contributed by atoms with Gasteiger partial charge in [0.25, 0.3) is 0 Å². The van der Waals surface area contributed by atoms with E-state index in [1.807, 2.05) is 13.2 Å². The molecule has 0 bridgehead atoms. The summed E-state index contributed by atoms with van der Waals surface area (Å²) in [4.78, 5) is 4.49. The van der Waals surface area contributed by atoms with E-state index >= 15 is 0 Å². The molecule has 0 atom stereocenters. The maximum absolute atomic E-state index is 4.49. The second kappa shape index (κ2) is 3.12. The van der Waals surface area contributed by atoms with Crippen LogP contribution in [-0.2, 0) is 7.05 Å². The van der Waals surface area contributed by atoms with E-state index in [1.165, 1.54) is 16.5 Å². The molecule has 0 spiro atoms. The number of hydrogen-bond acceptors (Lipinski definition) is 1. The molecule has 2 aromatic heterocycles. The van der Waals surface area contributed by atoms with Crippen LogP contribution in [-0.4, -0.2) is 9.55 Å². The molecule has 2 aromatic rings. The Morgan fingerprint density at radius 1 is 1.36 bits per heavy atom. The fraction of sp³-hybridized carbons (Fsp3) is 0.417. The SMILES string of the molecule is Cc1cn(C)c2ncc(C(C)C)cc12. The van der Waals surface area contributed by atoms with Gasteiger partial charge in [0.2, 0.25) is 0 Å². The highest BCUT2D eigenvalue weighted by Crippen LogP contribution is 2.22. The molecule has 2 rings (SSSR count). The smallest absolute Gasteiger partial charge is 0.139 e. The molecule has 2 heteroatoms. The van der Waals surface area contributed by atoms with Crippen molar-refractivity contribution in [3.8, 4) is 0 Å². The number of hydrogen-bond donors (Lipinski definition) is 0. The van der Waals surface area contributed by atoms with Crippen molar-refractivity contribution in [2.24, 2.45) is 7.05 Å². The highest BCUT2D eigenvalue weighted by atomic mass is 15.0. The van der Waals surface area contributed by atoms with Gasteiger partial charge in [-0.25, -0.2) is 4.98 Å². The second-order valence-corrected chi connectivity index (χ2v) is 4.22. The van der Waals surface area contributed by atoms with Crippen molar-refractivity contribution in [2.75, 3.05) is 0 Å². The summed E-state index contributed by atoms with van der Waals surface area (Å²) in [6, 6.07) is 2.25. The summed E-state index contributed by atoms with van der Waals surface area (Å²) in [7, 11) is 2.04. The third kappa shape index (κ3) is 1.31. The van der Waals surface area contributed by atoms with Crippen LogP contribution >= 0.6 is 0 Å². The molecule has 0 unspecified atom stereocenters. The summed E-state index contributed by atoms with van der Waals surface area (Å²) in [5, 5.41) is 1.28. The van der Waals surface area contributed by atoms with Crippen LogP contribution in [0.25, 0.3) is 11.0 Å². The molecule has 0 aliphatic carbocycles. The first-order valence-corrected chi connectivity index (χ1v) is 5.01. The molecule has 0 saturated carbocycles. The normalized spacial score (nSPS) is 11.5. The highest BCUT2D eigenvalue weighted by molar-refractivity contribution is 5.80. The first-order valence-electron chi connectivity index (χ1n) is 5.01. The average Bonchev–Trinajstić information content (AvgIpc) is 2.42. The highest BCUT2D eigenvalue weighted by Gasteiger charge is 2.06. The zero-order chi connectivity index (χ0) is 10.3. The summed E-state index contributed by atoms with van der Waals surface area (Å²) in [6.45, 7) is 6.52. The van der Waals surface area contributed by atoms with E-state index in [-0.39, 0.29) is 0 Å². The summed E-state index contributed by atoms with van der Waals surface area (Å²) in [5.41, 5.74) is 3.69. The van der Waals surface area contributed by atoms with Crippen molar-refractivity contribution in [1.29, 1.82) is 0 Å². The lowest BCUT2D eigenvalue weighted by molar-refractivity contribution is 0.858. The van der Waals surface area contributed by atoms with E-state index in [0.29, 0.717) is 5.92 Å². The van der Waals surface area contributed by atoms with Crippen molar-refractivity contribution in [3.63, 3.8) is 0 Å². The summed E-state index contributed by atoms with van der Waals surface area (Å²) in [5.74, 6) is 0.548. The zero-order valence-electron chi connectivity index (χ0n) is 9.20. The van der Waals surface area contributed by atoms with Gasteiger partial charge >= 0.3 is 0 Å². The second-order valence-electron chi connectivity index (χ2n) is 4.22. The minimum atomic E-state index is 0.548. The number of nitrogens with zero attached hydrogens (tertiary/aromatic N) is 2. The Hall–Kier alpha value is -1.31. The Morgan fingerprint density at radius 3 is 2.71 bits per heavy atom. The van der Waals surface area contributed by atoms with Gasteiger partial charge < -0.3 is 4.57 Å². The lowest BCUT2D eigenvalue weighted by Gasteiger charge is -2.04. The average molecular weight is 188 g/mol. The van der Waals surface area contributed by atoms with E-state index in [1.54, 1.807) is 0 Å². The fourth-order valence-corrected chi connectivity index (χ4v) is 1.78. The standard InChI is InChI=1S/C12H16N2/c1-8(2)10-5-11-9(3)7-14(4)12(11)13-6-10/h5-8H,1-4H3. The first kappa shape index (κ1) is 9.25. The molecule has 0 amide bonds. The van der Waals surface area contributed by atoms with E-state index in [9.17, 15) is 0 Å². The van der Waals surface area contributed by atoms with Crippen LogP contribution in [0.1, 0.15) is 30.9 Å². The molecular formula is C12H16N2. The molecule has 0 fully saturated rings. The fourth-order valence-electron chi connectivity index (χ4n) is 1.78. The van der Waals surface area contributed by atoms with Gasteiger partial charge in [0.05, 0.1) is 0 Å². The van der Waals surface area contributed by atoms with Crippen LogP contribution in [0, 0.1) is 6.92 Å². The Kier molecular flexibility index (Phi) is 2.06. The number of rotatable bonds is 1. The van der Waals surface area contributed by atoms with Crippen LogP contribution < -0.4 is 0 Å². The van der Waals surface area contributed by atoms with Crippen molar-refractivity contribution in [2.45, 2.75) is 26.7 Å². The molecule has 2 nitrogen and oxygen atoms in total. The molecule has 0 aliphatic rings. The third-order valence-corrected chi connectivity index (χ3v) is 2.70. The van der Waals surface area contributed by atoms with Crippen LogP contribution in [0.5, 0.6) is 0 Å². The third-order valence-electron chi connectivity index (χ3n) is 2.70. The van der Waals surface area contributed by atoms with E-state index in [4.69, 9.17) is 0 Å². The van der Waals surface area contributed by atoms with Crippen LogP contribution in [0.15, 0.2) is 18.5 Å². The minimum Gasteiger partial charge on any atom is -0.335 e. The van der Waals surface area contributed by atoms with Crippen molar-refractivity contribution >= 4 is 11.0 Å². The molecule has 0 N–H and O–H groups in total. The van der Waals surface area contributed by atoms with E-state index < -0.39 is 0 Å². The number of pyridine rings is 1. The van der Waals surface area contributed by atoms with Gasteiger partial charge in [-0.15, -0.1) is 0 Å².